The number of aryl methyl sites for hydroxylation is 1. The molecular formula is C25H37N3O2. The van der Waals surface area contributed by atoms with Crippen molar-refractivity contribution >= 4 is 0 Å². The lowest BCUT2D eigenvalue weighted by Gasteiger charge is -2.32. The van der Waals surface area contributed by atoms with Gasteiger partial charge in [-0.1, -0.05) is 37.5 Å². The van der Waals surface area contributed by atoms with E-state index in [1.807, 2.05) is 24.4 Å². The van der Waals surface area contributed by atoms with Crippen LogP contribution in [-0.4, -0.2) is 59.3 Å². The maximum absolute atomic E-state index is 10.4. The van der Waals surface area contributed by atoms with Gasteiger partial charge in [0.25, 0.3) is 0 Å². The Kier molecular flexibility index (Phi) is 8.67. The van der Waals surface area contributed by atoms with Gasteiger partial charge < -0.3 is 14.7 Å². The number of aromatic nitrogens is 1. The van der Waals surface area contributed by atoms with E-state index < -0.39 is 6.10 Å². The molecule has 1 aliphatic rings. The third-order valence-corrected chi connectivity index (χ3v) is 6.03. The fourth-order valence-corrected chi connectivity index (χ4v) is 4.29. The zero-order valence-corrected chi connectivity index (χ0v) is 18.8. The Morgan fingerprint density at radius 1 is 1.10 bits per heavy atom. The summed E-state index contributed by atoms with van der Waals surface area (Å²) in [6.45, 7) is 4.71. The summed E-state index contributed by atoms with van der Waals surface area (Å²) in [5.74, 6) is 0.814. The highest BCUT2D eigenvalue weighted by Gasteiger charge is 2.20. The molecule has 0 bridgehead atoms. The van der Waals surface area contributed by atoms with E-state index in [1.165, 1.54) is 43.2 Å². The molecule has 0 saturated heterocycles. The highest BCUT2D eigenvalue weighted by atomic mass is 16.5. The number of benzene rings is 1. The first-order chi connectivity index (χ1) is 14.5. The predicted octanol–water partition coefficient (Wildman–Crippen LogP) is 4.03. The molecular weight excluding hydrogens is 374 g/mol. The first kappa shape index (κ1) is 22.7. The summed E-state index contributed by atoms with van der Waals surface area (Å²) in [5, 5.41) is 10.4. The van der Waals surface area contributed by atoms with E-state index in [2.05, 4.69) is 54.0 Å². The maximum atomic E-state index is 10.4. The van der Waals surface area contributed by atoms with Crippen LogP contribution in [0.1, 0.15) is 48.9 Å². The average Bonchev–Trinajstić information content (AvgIpc) is 2.75. The lowest BCUT2D eigenvalue weighted by molar-refractivity contribution is 0.0561. The van der Waals surface area contributed by atoms with Crippen molar-refractivity contribution in [3.05, 3.63) is 59.4 Å². The van der Waals surface area contributed by atoms with Crippen molar-refractivity contribution in [1.29, 1.82) is 0 Å². The van der Waals surface area contributed by atoms with Crippen LogP contribution in [0.5, 0.6) is 5.75 Å². The predicted molar refractivity (Wildman–Crippen MR) is 122 cm³/mol. The first-order valence-electron chi connectivity index (χ1n) is 11.2. The van der Waals surface area contributed by atoms with Crippen LogP contribution in [0.15, 0.2) is 42.6 Å². The first-order valence-corrected chi connectivity index (χ1v) is 11.2. The Labute approximate surface area is 181 Å². The van der Waals surface area contributed by atoms with Gasteiger partial charge in [-0.3, -0.25) is 9.88 Å². The quantitative estimate of drug-likeness (QED) is 0.640. The van der Waals surface area contributed by atoms with Crippen LogP contribution in [0, 0.1) is 6.92 Å². The van der Waals surface area contributed by atoms with Gasteiger partial charge in [-0.25, -0.2) is 0 Å². The maximum Gasteiger partial charge on any atom is 0.119 e. The van der Waals surface area contributed by atoms with Gasteiger partial charge >= 0.3 is 0 Å². The molecule has 2 aromatic rings. The van der Waals surface area contributed by atoms with Crippen molar-refractivity contribution in [2.45, 2.75) is 64.3 Å². The number of rotatable bonds is 10. The fraction of sp³-hybridized carbons (Fsp3) is 0.560. The van der Waals surface area contributed by atoms with Crippen LogP contribution in [0.25, 0.3) is 0 Å². The SMILES string of the molecule is Cc1cccnc1CN(C)Cc1cccc(OC[C@H](O)CN(C)C2CCCCC2)c1. The van der Waals surface area contributed by atoms with Crippen LogP contribution >= 0.6 is 0 Å². The summed E-state index contributed by atoms with van der Waals surface area (Å²) in [6, 6.07) is 12.8. The number of aliphatic hydroxyl groups excluding tert-OH is 1. The molecule has 0 spiro atoms. The van der Waals surface area contributed by atoms with Crippen molar-refractivity contribution < 1.29 is 9.84 Å². The minimum atomic E-state index is -0.476. The average molecular weight is 412 g/mol. The Balaban J connectivity index is 1.46. The summed E-state index contributed by atoms with van der Waals surface area (Å²) in [7, 11) is 4.23. The molecule has 1 fully saturated rings. The van der Waals surface area contributed by atoms with Gasteiger partial charge in [0.15, 0.2) is 0 Å². The summed E-state index contributed by atoms with van der Waals surface area (Å²) < 4.78 is 5.91. The van der Waals surface area contributed by atoms with E-state index in [1.54, 1.807) is 0 Å². The Morgan fingerprint density at radius 2 is 1.90 bits per heavy atom. The lowest BCUT2D eigenvalue weighted by Crippen LogP contribution is -2.40. The molecule has 3 rings (SSSR count). The summed E-state index contributed by atoms with van der Waals surface area (Å²) in [6.07, 6.45) is 7.83. The molecule has 1 aromatic heterocycles. The number of hydrogen-bond acceptors (Lipinski definition) is 5. The highest BCUT2D eigenvalue weighted by molar-refractivity contribution is 5.28. The molecule has 0 amide bonds. The largest absolute Gasteiger partial charge is 0.491 e. The van der Waals surface area contributed by atoms with E-state index in [-0.39, 0.29) is 0 Å². The highest BCUT2D eigenvalue weighted by Crippen LogP contribution is 2.22. The van der Waals surface area contributed by atoms with Crippen LogP contribution < -0.4 is 4.74 Å². The molecule has 164 valence electrons. The molecule has 0 unspecified atom stereocenters. The van der Waals surface area contributed by atoms with Gasteiger partial charge in [0.05, 0.1) is 5.69 Å². The molecule has 1 heterocycles. The fourth-order valence-electron chi connectivity index (χ4n) is 4.29. The Bertz CT molecular complexity index is 776. The van der Waals surface area contributed by atoms with E-state index in [0.29, 0.717) is 19.2 Å². The van der Waals surface area contributed by atoms with Gasteiger partial charge in [-0.15, -0.1) is 0 Å². The van der Waals surface area contributed by atoms with Crippen molar-refractivity contribution in [3.63, 3.8) is 0 Å². The number of aliphatic hydroxyl groups is 1. The number of pyridine rings is 1. The molecule has 0 radical (unpaired) electrons. The molecule has 5 nitrogen and oxygen atoms in total. The number of nitrogens with zero attached hydrogens (tertiary/aromatic N) is 3. The summed E-state index contributed by atoms with van der Waals surface area (Å²) in [5.41, 5.74) is 3.52. The van der Waals surface area contributed by atoms with E-state index >= 15 is 0 Å². The monoisotopic (exact) mass is 411 g/mol. The zero-order chi connectivity index (χ0) is 21.3. The van der Waals surface area contributed by atoms with Gasteiger partial charge in [0.1, 0.15) is 18.5 Å². The molecule has 5 heteroatoms. The van der Waals surface area contributed by atoms with Crippen molar-refractivity contribution in [3.8, 4) is 5.75 Å². The Hall–Kier alpha value is -1.95. The normalized spacial score (nSPS) is 16.2. The number of hydrogen-bond donors (Lipinski definition) is 1. The van der Waals surface area contributed by atoms with Crippen molar-refractivity contribution in [2.75, 3.05) is 27.2 Å². The minimum absolute atomic E-state index is 0.323. The molecule has 1 atom stereocenters. The topological polar surface area (TPSA) is 48.8 Å². The standard InChI is InChI=1S/C25H37N3O2/c1-20-9-8-14-26-25(20)18-27(2)16-21-10-7-13-24(15-21)30-19-23(29)17-28(3)22-11-5-4-6-12-22/h7-10,13-15,22-23,29H,4-6,11-12,16-19H2,1-3H3/t23-/m1/s1. The molecule has 0 aliphatic heterocycles. The van der Waals surface area contributed by atoms with Gasteiger partial charge in [-0.05, 0) is 63.2 Å². The second-order valence-corrected chi connectivity index (χ2v) is 8.78. The second-order valence-electron chi connectivity index (χ2n) is 8.78. The summed E-state index contributed by atoms with van der Waals surface area (Å²) in [4.78, 5) is 9.04. The van der Waals surface area contributed by atoms with Crippen LogP contribution in [0.2, 0.25) is 0 Å². The van der Waals surface area contributed by atoms with Gasteiger partial charge in [0.2, 0.25) is 0 Å². The van der Waals surface area contributed by atoms with Crippen LogP contribution in [0.3, 0.4) is 0 Å². The smallest absolute Gasteiger partial charge is 0.119 e. The van der Waals surface area contributed by atoms with Crippen LogP contribution in [-0.2, 0) is 13.1 Å². The molecule has 1 aromatic carbocycles. The van der Waals surface area contributed by atoms with E-state index in [9.17, 15) is 5.11 Å². The molecule has 1 saturated carbocycles. The van der Waals surface area contributed by atoms with Crippen molar-refractivity contribution in [2.24, 2.45) is 0 Å². The summed E-state index contributed by atoms with van der Waals surface area (Å²) >= 11 is 0. The third kappa shape index (κ3) is 7.08. The molecule has 30 heavy (non-hydrogen) atoms. The number of likely N-dealkylation sites (N-methyl/N-ethyl adjacent to an activating group) is 1. The molecule has 1 aliphatic carbocycles. The van der Waals surface area contributed by atoms with Crippen LogP contribution in [0.4, 0.5) is 0 Å². The lowest BCUT2D eigenvalue weighted by atomic mass is 9.94. The third-order valence-electron chi connectivity index (χ3n) is 6.03. The van der Waals surface area contributed by atoms with E-state index in [4.69, 9.17) is 4.74 Å². The second kappa shape index (κ2) is 11.4. The Morgan fingerprint density at radius 3 is 2.67 bits per heavy atom. The van der Waals surface area contributed by atoms with E-state index in [0.717, 1.165) is 24.5 Å². The minimum Gasteiger partial charge on any atom is -0.491 e. The van der Waals surface area contributed by atoms with Gasteiger partial charge in [-0.2, -0.15) is 0 Å². The van der Waals surface area contributed by atoms with Gasteiger partial charge in [0, 0.05) is 31.9 Å². The molecule has 1 N–H and O–H groups in total. The van der Waals surface area contributed by atoms with Crippen molar-refractivity contribution in [1.82, 2.24) is 14.8 Å². The number of ether oxygens (including phenoxy) is 1. The zero-order valence-electron chi connectivity index (χ0n) is 18.8.